The van der Waals surface area contributed by atoms with Crippen molar-refractivity contribution in [2.24, 2.45) is 11.8 Å². The summed E-state index contributed by atoms with van der Waals surface area (Å²) in [5.74, 6) is -0.992. The number of likely N-dealkylation sites (tertiary alicyclic amines) is 1. The van der Waals surface area contributed by atoms with E-state index in [-0.39, 0.29) is 17.9 Å². The maximum absolute atomic E-state index is 13.2. The molecule has 3 aliphatic heterocycles. The van der Waals surface area contributed by atoms with Gasteiger partial charge in [-0.1, -0.05) is 42.0 Å². The lowest BCUT2D eigenvalue weighted by molar-refractivity contribution is -0.137. The standard InChI is InChI=1S/C22H21ClN2O3S/c23-15-5-3-14(4-6-15)8-10-24-20(26)18-17-7-9-22(28-17)13-25(21(27)19(18)22)12-16-2-1-11-29-16/h1-7,9,11,17-19H,8,10,12-13H2,(H,24,26)/t17-,18?,19-,22?/m1/s1. The summed E-state index contributed by atoms with van der Waals surface area (Å²) < 4.78 is 6.17. The first-order chi connectivity index (χ1) is 14.1. The fourth-order valence-corrected chi connectivity index (χ4v) is 5.55. The second kappa shape index (κ2) is 7.27. The summed E-state index contributed by atoms with van der Waals surface area (Å²) in [5.41, 5.74) is 0.450. The fraction of sp³-hybridized carbons (Fsp3) is 0.364. The third-order valence-corrected chi connectivity index (χ3v) is 7.15. The molecule has 29 heavy (non-hydrogen) atoms. The zero-order chi connectivity index (χ0) is 20.0. The highest BCUT2D eigenvalue weighted by Crippen LogP contribution is 2.52. The molecule has 0 radical (unpaired) electrons. The van der Waals surface area contributed by atoms with Crippen LogP contribution in [0.3, 0.4) is 0 Å². The summed E-state index contributed by atoms with van der Waals surface area (Å²) >= 11 is 7.55. The number of nitrogens with one attached hydrogen (secondary N) is 1. The van der Waals surface area contributed by atoms with Gasteiger partial charge in [0, 0.05) is 16.4 Å². The second-order valence-electron chi connectivity index (χ2n) is 7.84. The summed E-state index contributed by atoms with van der Waals surface area (Å²) in [7, 11) is 0. The van der Waals surface area contributed by atoms with E-state index < -0.39 is 17.4 Å². The monoisotopic (exact) mass is 428 g/mol. The predicted molar refractivity (Wildman–Crippen MR) is 112 cm³/mol. The number of carbonyl (C=O) groups excluding carboxylic acids is 2. The van der Waals surface area contributed by atoms with Crippen LogP contribution in [0.4, 0.5) is 0 Å². The van der Waals surface area contributed by atoms with Gasteiger partial charge in [0.05, 0.1) is 31.0 Å². The molecule has 2 saturated heterocycles. The van der Waals surface area contributed by atoms with E-state index in [0.29, 0.717) is 31.1 Å². The van der Waals surface area contributed by atoms with Crippen LogP contribution in [0.15, 0.2) is 53.9 Å². The van der Waals surface area contributed by atoms with Gasteiger partial charge in [-0.3, -0.25) is 9.59 Å². The Kier molecular flexibility index (Phi) is 4.73. The van der Waals surface area contributed by atoms with E-state index in [9.17, 15) is 9.59 Å². The second-order valence-corrected chi connectivity index (χ2v) is 9.31. The van der Waals surface area contributed by atoms with Crippen molar-refractivity contribution in [2.45, 2.75) is 24.7 Å². The maximum Gasteiger partial charge on any atom is 0.230 e. The number of nitrogens with zero attached hydrogens (tertiary/aromatic N) is 1. The van der Waals surface area contributed by atoms with Crippen molar-refractivity contribution >= 4 is 34.8 Å². The van der Waals surface area contributed by atoms with Gasteiger partial charge in [0.1, 0.15) is 5.60 Å². The molecule has 0 aliphatic carbocycles. The van der Waals surface area contributed by atoms with E-state index >= 15 is 0 Å². The first-order valence-electron chi connectivity index (χ1n) is 9.76. The Labute approximate surface area is 178 Å². The number of hydrogen-bond donors (Lipinski definition) is 1. The number of ether oxygens (including phenoxy) is 1. The molecule has 4 atom stereocenters. The molecule has 2 unspecified atom stereocenters. The molecule has 5 rings (SSSR count). The minimum atomic E-state index is -0.656. The average Bonchev–Trinajstić information content (AvgIpc) is 3.47. The molecule has 5 nitrogen and oxygen atoms in total. The number of thiophene rings is 1. The number of halogens is 1. The Morgan fingerprint density at radius 1 is 1.31 bits per heavy atom. The van der Waals surface area contributed by atoms with Crippen LogP contribution in [-0.2, 0) is 27.3 Å². The van der Waals surface area contributed by atoms with Gasteiger partial charge in [0.2, 0.25) is 11.8 Å². The van der Waals surface area contributed by atoms with Crippen molar-refractivity contribution in [3.8, 4) is 0 Å². The van der Waals surface area contributed by atoms with Crippen LogP contribution in [0, 0.1) is 11.8 Å². The molecule has 1 aromatic carbocycles. The number of hydrogen-bond acceptors (Lipinski definition) is 4. The average molecular weight is 429 g/mol. The molecule has 7 heteroatoms. The zero-order valence-electron chi connectivity index (χ0n) is 15.7. The zero-order valence-corrected chi connectivity index (χ0v) is 17.3. The Morgan fingerprint density at radius 3 is 2.90 bits per heavy atom. The van der Waals surface area contributed by atoms with Crippen molar-refractivity contribution in [1.29, 1.82) is 0 Å². The van der Waals surface area contributed by atoms with Crippen molar-refractivity contribution in [3.63, 3.8) is 0 Å². The van der Waals surface area contributed by atoms with E-state index in [1.165, 1.54) is 0 Å². The van der Waals surface area contributed by atoms with Crippen molar-refractivity contribution in [1.82, 2.24) is 10.2 Å². The molecule has 2 aromatic rings. The molecule has 1 spiro atoms. The Bertz CT molecular complexity index is 959. The third-order valence-electron chi connectivity index (χ3n) is 6.03. The van der Waals surface area contributed by atoms with Gasteiger partial charge in [-0.25, -0.2) is 0 Å². The van der Waals surface area contributed by atoms with Gasteiger partial charge < -0.3 is 15.0 Å². The Morgan fingerprint density at radius 2 is 2.14 bits per heavy atom. The molecule has 2 amide bonds. The van der Waals surface area contributed by atoms with Gasteiger partial charge in [-0.05, 0) is 35.6 Å². The maximum atomic E-state index is 13.2. The van der Waals surface area contributed by atoms with Crippen LogP contribution in [-0.4, -0.2) is 41.5 Å². The fourth-order valence-electron chi connectivity index (χ4n) is 4.70. The van der Waals surface area contributed by atoms with Crippen LogP contribution in [0.25, 0.3) is 0 Å². The van der Waals surface area contributed by atoms with Gasteiger partial charge in [0.25, 0.3) is 0 Å². The molecule has 4 heterocycles. The van der Waals surface area contributed by atoms with Gasteiger partial charge in [-0.15, -0.1) is 11.3 Å². The molecule has 3 aliphatic rings. The van der Waals surface area contributed by atoms with E-state index in [4.69, 9.17) is 16.3 Å². The van der Waals surface area contributed by atoms with Crippen LogP contribution in [0.5, 0.6) is 0 Å². The molecule has 0 saturated carbocycles. The van der Waals surface area contributed by atoms with Crippen molar-refractivity contribution < 1.29 is 14.3 Å². The number of fused-ring (bicyclic) bond motifs is 1. The quantitative estimate of drug-likeness (QED) is 0.719. The van der Waals surface area contributed by atoms with Crippen LogP contribution in [0.2, 0.25) is 5.02 Å². The lowest BCUT2D eigenvalue weighted by atomic mass is 9.77. The van der Waals surface area contributed by atoms with E-state index in [1.54, 1.807) is 11.3 Å². The molecule has 2 fully saturated rings. The predicted octanol–water partition coefficient (Wildman–Crippen LogP) is 3.04. The number of rotatable bonds is 6. The van der Waals surface area contributed by atoms with Gasteiger partial charge in [-0.2, -0.15) is 0 Å². The summed E-state index contributed by atoms with van der Waals surface area (Å²) in [6.07, 6.45) is 4.34. The smallest absolute Gasteiger partial charge is 0.230 e. The van der Waals surface area contributed by atoms with Crippen LogP contribution >= 0.6 is 22.9 Å². The van der Waals surface area contributed by atoms with Gasteiger partial charge in [0.15, 0.2) is 0 Å². The lowest BCUT2D eigenvalue weighted by Gasteiger charge is -2.23. The summed E-state index contributed by atoms with van der Waals surface area (Å²) in [5, 5.41) is 5.71. The lowest BCUT2D eigenvalue weighted by Crippen LogP contribution is -2.44. The highest BCUT2D eigenvalue weighted by Gasteiger charge is 2.66. The summed E-state index contributed by atoms with van der Waals surface area (Å²) in [4.78, 5) is 29.1. The van der Waals surface area contributed by atoms with Gasteiger partial charge >= 0.3 is 0 Å². The van der Waals surface area contributed by atoms with E-state index in [1.807, 2.05) is 58.8 Å². The molecule has 1 aromatic heterocycles. The molecule has 150 valence electrons. The number of amides is 2. The summed E-state index contributed by atoms with van der Waals surface area (Å²) in [6.45, 7) is 1.59. The van der Waals surface area contributed by atoms with Crippen LogP contribution in [0.1, 0.15) is 10.4 Å². The Balaban J connectivity index is 1.26. The Hall–Kier alpha value is -2.15. The van der Waals surface area contributed by atoms with Crippen molar-refractivity contribution in [3.05, 3.63) is 69.4 Å². The van der Waals surface area contributed by atoms with Crippen LogP contribution < -0.4 is 5.32 Å². The molecule has 1 N–H and O–H groups in total. The van der Waals surface area contributed by atoms with E-state index in [2.05, 4.69) is 5.32 Å². The summed E-state index contributed by atoms with van der Waals surface area (Å²) in [6, 6.07) is 11.6. The third kappa shape index (κ3) is 3.29. The SMILES string of the molecule is O=C(NCCc1ccc(Cl)cc1)C1[C@H]2C=CC3(CN(Cc4cccs4)C(=O)[C@@H]13)O2. The highest BCUT2D eigenvalue weighted by atomic mass is 35.5. The minimum Gasteiger partial charge on any atom is -0.360 e. The topological polar surface area (TPSA) is 58.6 Å². The number of carbonyl (C=O) groups is 2. The molecular weight excluding hydrogens is 408 g/mol. The minimum absolute atomic E-state index is 0.0168. The molecular formula is C22H21ClN2O3S. The number of benzene rings is 1. The first kappa shape index (κ1) is 18.9. The van der Waals surface area contributed by atoms with Crippen molar-refractivity contribution in [2.75, 3.05) is 13.1 Å². The van der Waals surface area contributed by atoms with E-state index in [0.717, 1.165) is 10.4 Å². The molecule has 2 bridgehead atoms. The largest absolute Gasteiger partial charge is 0.360 e. The first-order valence-corrected chi connectivity index (χ1v) is 11.0. The highest BCUT2D eigenvalue weighted by molar-refractivity contribution is 7.09. The normalized spacial score (nSPS) is 29.5.